The quantitative estimate of drug-likeness (QED) is 0.223. The summed E-state index contributed by atoms with van der Waals surface area (Å²) in [4.78, 5) is 45.5. The molecule has 1 aromatic heterocycles. The lowest BCUT2D eigenvalue weighted by molar-refractivity contribution is -0.140. The number of carbonyl (C=O) groups excluding carboxylic acids is 3. The van der Waals surface area contributed by atoms with E-state index in [-0.39, 0.29) is 42.0 Å². The second-order valence-corrected chi connectivity index (χ2v) is 13.6. The van der Waals surface area contributed by atoms with Crippen molar-refractivity contribution in [1.82, 2.24) is 15.2 Å². The topological polar surface area (TPSA) is 133 Å². The van der Waals surface area contributed by atoms with Crippen molar-refractivity contribution in [3.8, 4) is 11.5 Å². The third-order valence-corrected chi connectivity index (χ3v) is 8.35. The maximum absolute atomic E-state index is 16.5. The largest absolute Gasteiger partial charge is 0.497 e. The Morgan fingerprint density at radius 3 is 2.57 bits per heavy atom. The first-order chi connectivity index (χ1) is 21.5. The molecule has 2 aliphatic rings. The number of methoxy groups -OCH3 is 1. The first-order valence-electron chi connectivity index (χ1n) is 15.8. The number of alkyl carbamates (subject to hydrolysis) is 1. The van der Waals surface area contributed by atoms with E-state index in [1.807, 2.05) is 13.8 Å². The number of carbonyl (C=O) groups is 3. The number of ether oxygens (including phenoxy) is 3. The summed E-state index contributed by atoms with van der Waals surface area (Å²) in [5.41, 5.74) is 3.75. The van der Waals surface area contributed by atoms with Gasteiger partial charge in [0.1, 0.15) is 29.0 Å². The monoisotopic (exact) mass is 644 g/mol. The Balaban J connectivity index is 1.71. The third-order valence-electron chi connectivity index (χ3n) is 8.35. The lowest BCUT2D eigenvalue weighted by Gasteiger charge is -2.41. The third kappa shape index (κ3) is 7.53. The Bertz CT molecular complexity index is 1490. The molecule has 3 N–H and O–H groups in total. The van der Waals surface area contributed by atoms with Gasteiger partial charge >= 0.3 is 6.09 Å². The number of unbranched alkanes of at least 4 members (excludes halogenated alkanes) is 3. The van der Waals surface area contributed by atoms with Gasteiger partial charge in [-0.15, -0.1) is 6.58 Å². The van der Waals surface area contributed by atoms with Crippen LogP contribution in [-0.4, -0.2) is 64.7 Å². The summed E-state index contributed by atoms with van der Waals surface area (Å²) in [5, 5.41) is 2.85. The number of allylic oxidation sites excluding steroid dienone is 1. The highest BCUT2D eigenvalue weighted by Gasteiger charge is 2.59. The van der Waals surface area contributed by atoms with E-state index in [9.17, 15) is 14.4 Å². The number of amides is 3. The molecule has 3 heterocycles. The predicted molar refractivity (Wildman–Crippen MR) is 170 cm³/mol. The maximum atomic E-state index is 16.5. The van der Waals surface area contributed by atoms with Gasteiger partial charge in [-0.2, -0.15) is 0 Å². The van der Waals surface area contributed by atoms with Crippen LogP contribution in [0.25, 0.3) is 10.9 Å². The number of aromatic nitrogens is 1. The molecule has 46 heavy (non-hydrogen) atoms. The van der Waals surface area contributed by atoms with Crippen molar-refractivity contribution in [3.05, 3.63) is 42.1 Å². The van der Waals surface area contributed by atoms with Gasteiger partial charge in [0, 0.05) is 11.8 Å². The molecule has 0 unspecified atom stereocenters. The minimum absolute atomic E-state index is 0.0600. The number of halogens is 2. The number of benzene rings is 1. The molecule has 12 heteroatoms. The second kappa shape index (κ2) is 13.4. The molecule has 1 aromatic carbocycles. The highest BCUT2D eigenvalue weighted by molar-refractivity contribution is 5.92. The van der Waals surface area contributed by atoms with Gasteiger partial charge in [-0.1, -0.05) is 32.8 Å². The molecule has 3 atom stereocenters. The maximum Gasteiger partial charge on any atom is 0.408 e. The minimum atomic E-state index is -3.41. The van der Waals surface area contributed by atoms with E-state index >= 15 is 8.78 Å². The van der Waals surface area contributed by atoms with Gasteiger partial charge in [0.15, 0.2) is 5.75 Å². The van der Waals surface area contributed by atoms with Crippen LogP contribution in [0.4, 0.5) is 13.6 Å². The molecule has 1 saturated heterocycles. The van der Waals surface area contributed by atoms with Crippen molar-refractivity contribution in [2.24, 2.45) is 5.73 Å². The first-order valence-corrected chi connectivity index (χ1v) is 15.8. The van der Waals surface area contributed by atoms with Crippen LogP contribution in [0, 0.1) is 0 Å². The Labute approximate surface area is 269 Å². The molecule has 3 amide bonds. The molecule has 10 nitrogen and oxygen atoms in total. The number of hydrogen-bond acceptors (Lipinski definition) is 7. The van der Waals surface area contributed by atoms with E-state index in [0.717, 1.165) is 19.3 Å². The smallest absolute Gasteiger partial charge is 0.408 e. The number of primary amides is 1. The standard InChI is InChI=1S/C34H46F2N4O6/c1-8-9-10-11-12-13-24(39-31(43)46-32(4,5)6)30(42)40-19-33(17-25(40)29(37)41)18-34(35,36)26-22-16-21(44-7)14-15-23(22)38-27(20(2)3)28(26)45-33/h8,14-16,20,24-25H,1,9-13,17-19H2,2-7H3,(H2,37,41)(H,39,43)/t24-,25-,33-/m0/s1. The highest BCUT2D eigenvalue weighted by atomic mass is 19.3. The number of nitrogens with zero attached hydrogens (tertiary/aromatic N) is 2. The van der Waals surface area contributed by atoms with Gasteiger partial charge in [0.05, 0.1) is 36.8 Å². The van der Waals surface area contributed by atoms with Crippen LogP contribution >= 0.6 is 0 Å². The lowest BCUT2D eigenvalue weighted by atomic mass is 9.83. The van der Waals surface area contributed by atoms with E-state index in [1.54, 1.807) is 39.0 Å². The van der Waals surface area contributed by atoms with Crippen molar-refractivity contribution < 1.29 is 37.4 Å². The van der Waals surface area contributed by atoms with Gasteiger partial charge in [0.2, 0.25) is 11.8 Å². The molecule has 0 radical (unpaired) electrons. The van der Waals surface area contributed by atoms with Crippen LogP contribution in [0.1, 0.15) is 96.7 Å². The summed E-state index contributed by atoms with van der Waals surface area (Å²) in [6.45, 7) is 12.2. The number of nitrogens with one attached hydrogen (secondary N) is 1. The number of hydrogen-bond donors (Lipinski definition) is 2. The zero-order valence-electron chi connectivity index (χ0n) is 27.6. The number of fused-ring (bicyclic) bond motifs is 3. The SMILES string of the molecule is C=CCCCCC[C@H](NC(=O)OC(C)(C)C)C(=O)N1C[C@]2(C[C@H]1C(N)=O)CC(F)(F)c1c(c(C(C)C)nc3ccc(OC)cc13)O2. The molecular formula is C34H46F2N4O6. The van der Waals surface area contributed by atoms with Crippen LogP contribution < -0.4 is 20.5 Å². The molecule has 0 bridgehead atoms. The van der Waals surface area contributed by atoms with E-state index in [1.165, 1.54) is 18.1 Å². The molecule has 1 fully saturated rings. The summed E-state index contributed by atoms with van der Waals surface area (Å²) in [6, 6.07) is 2.50. The van der Waals surface area contributed by atoms with Gasteiger partial charge in [0.25, 0.3) is 5.92 Å². The van der Waals surface area contributed by atoms with Gasteiger partial charge < -0.3 is 30.2 Å². The van der Waals surface area contributed by atoms with Gasteiger partial charge in [-0.05, 0) is 64.2 Å². The van der Waals surface area contributed by atoms with E-state index in [2.05, 4.69) is 16.9 Å². The minimum Gasteiger partial charge on any atom is -0.497 e. The normalized spacial score (nSPS) is 21.1. The fourth-order valence-electron chi connectivity index (χ4n) is 6.33. The van der Waals surface area contributed by atoms with Crippen molar-refractivity contribution >= 4 is 28.8 Å². The molecule has 2 aromatic rings. The second-order valence-electron chi connectivity index (χ2n) is 13.6. The van der Waals surface area contributed by atoms with Crippen LogP contribution in [0.3, 0.4) is 0 Å². The zero-order chi connectivity index (χ0) is 34.0. The van der Waals surface area contributed by atoms with E-state index in [0.29, 0.717) is 23.4 Å². The van der Waals surface area contributed by atoms with Crippen LogP contribution in [-0.2, 0) is 20.2 Å². The highest BCUT2D eigenvalue weighted by Crippen LogP contribution is 2.55. The predicted octanol–water partition coefficient (Wildman–Crippen LogP) is 6.10. The molecule has 2 aliphatic heterocycles. The van der Waals surface area contributed by atoms with E-state index < -0.39 is 53.5 Å². The Hall–Kier alpha value is -3.96. The van der Waals surface area contributed by atoms with Crippen molar-refractivity contribution in [3.63, 3.8) is 0 Å². The van der Waals surface area contributed by atoms with E-state index in [4.69, 9.17) is 19.9 Å². The number of rotatable bonds is 11. The van der Waals surface area contributed by atoms with Crippen molar-refractivity contribution in [2.75, 3.05) is 13.7 Å². The molecule has 4 rings (SSSR count). The summed E-state index contributed by atoms with van der Waals surface area (Å²) >= 11 is 0. The average Bonchev–Trinajstić information content (AvgIpc) is 3.31. The number of likely N-dealkylation sites (tertiary alicyclic amines) is 1. The van der Waals surface area contributed by atoms with Crippen LogP contribution in [0.5, 0.6) is 11.5 Å². The molecule has 0 saturated carbocycles. The fourth-order valence-corrected chi connectivity index (χ4v) is 6.33. The summed E-state index contributed by atoms with van der Waals surface area (Å²) in [7, 11) is 1.45. The number of alkyl halides is 2. The molecule has 1 spiro atoms. The molecule has 252 valence electrons. The van der Waals surface area contributed by atoms with Crippen LogP contribution in [0.2, 0.25) is 0 Å². The van der Waals surface area contributed by atoms with Crippen molar-refractivity contribution in [2.45, 2.75) is 115 Å². The summed E-state index contributed by atoms with van der Waals surface area (Å²) < 4.78 is 50.1. The zero-order valence-corrected chi connectivity index (χ0v) is 27.6. The van der Waals surface area contributed by atoms with Crippen LogP contribution in [0.15, 0.2) is 30.9 Å². The molecule has 0 aliphatic carbocycles. The number of nitrogens with two attached hydrogens (primary N) is 1. The Kier molecular flexibility index (Phi) is 10.2. The van der Waals surface area contributed by atoms with Gasteiger partial charge in [-0.25, -0.2) is 18.6 Å². The van der Waals surface area contributed by atoms with Gasteiger partial charge in [-0.3, -0.25) is 9.59 Å². The summed E-state index contributed by atoms with van der Waals surface area (Å²) in [5.74, 6) is -4.82. The lowest BCUT2D eigenvalue weighted by Crippen LogP contribution is -2.54. The fraction of sp³-hybridized carbons (Fsp3) is 0.588. The number of pyridine rings is 1. The van der Waals surface area contributed by atoms with Crippen molar-refractivity contribution in [1.29, 1.82) is 0 Å². The Morgan fingerprint density at radius 1 is 1.24 bits per heavy atom. The summed E-state index contributed by atoms with van der Waals surface area (Å²) in [6.07, 6.45) is 3.23. The Morgan fingerprint density at radius 2 is 1.96 bits per heavy atom. The first kappa shape index (κ1) is 34.9. The molecular weight excluding hydrogens is 598 g/mol. The average molecular weight is 645 g/mol.